The molecule has 1 aliphatic heterocycles. The van der Waals surface area contributed by atoms with Crippen LogP contribution in [0.25, 0.3) is 0 Å². The molecule has 3 fully saturated rings. The normalized spacial score (nSPS) is 37.4. The summed E-state index contributed by atoms with van der Waals surface area (Å²) in [6.07, 6.45) is 7.85. The minimum Gasteiger partial charge on any atom is -0.497 e. The molecule has 2 saturated carbocycles. The fourth-order valence-electron chi connectivity index (χ4n) is 6.58. The first-order valence-electron chi connectivity index (χ1n) is 10.2. The Morgan fingerprint density at radius 2 is 2.12 bits per heavy atom. The van der Waals surface area contributed by atoms with Gasteiger partial charge in [0.05, 0.1) is 7.11 Å². The van der Waals surface area contributed by atoms with Crippen LogP contribution >= 0.6 is 0 Å². The van der Waals surface area contributed by atoms with Gasteiger partial charge in [-0.15, -0.1) is 0 Å². The molecule has 25 heavy (non-hydrogen) atoms. The minimum atomic E-state index is 0.307. The predicted molar refractivity (Wildman–Crippen MR) is 102 cm³/mol. The maximum atomic E-state index is 5.60. The van der Waals surface area contributed by atoms with Crippen molar-refractivity contribution in [2.45, 2.75) is 56.9 Å². The summed E-state index contributed by atoms with van der Waals surface area (Å²) in [5.41, 5.74) is 4.94. The summed E-state index contributed by atoms with van der Waals surface area (Å²) in [5.74, 6) is 3.53. The van der Waals surface area contributed by atoms with Crippen molar-refractivity contribution in [3.8, 4) is 5.75 Å². The van der Waals surface area contributed by atoms with E-state index in [0.717, 1.165) is 29.5 Å². The SMILES string of the molecule is C=C1CC(C)[C@H]2[C@H]3Cc4ccc(OC)cc4[C@@]2(CCN3CC2CC2)C1. The Hall–Kier alpha value is -1.28. The molecule has 0 aromatic heterocycles. The maximum absolute atomic E-state index is 5.60. The standard InChI is InChI=1S/C23H31NO/c1-15-10-16(2)22-21-11-18-6-7-19(25-3)12-20(18)23(22,13-15)8-9-24(21)14-17-4-5-17/h6-7,12,16-17,21-22H,1,4-5,8-11,13-14H2,2-3H3/t16?,21-,22+,23-/m1/s1. The zero-order valence-corrected chi connectivity index (χ0v) is 15.8. The summed E-state index contributed by atoms with van der Waals surface area (Å²) in [7, 11) is 1.79. The summed E-state index contributed by atoms with van der Waals surface area (Å²) in [6, 6.07) is 7.61. The summed E-state index contributed by atoms with van der Waals surface area (Å²) in [4.78, 5) is 2.87. The van der Waals surface area contributed by atoms with Gasteiger partial charge in [-0.1, -0.05) is 25.1 Å². The van der Waals surface area contributed by atoms with Crippen molar-refractivity contribution >= 4 is 0 Å². The van der Waals surface area contributed by atoms with E-state index in [4.69, 9.17) is 4.74 Å². The number of nitrogens with zero attached hydrogens (tertiary/aromatic N) is 1. The highest BCUT2D eigenvalue weighted by atomic mass is 16.5. The fourth-order valence-corrected chi connectivity index (χ4v) is 6.58. The molecule has 0 N–H and O–H groups in total. The predicted octanol–water partition coefficient (Wildman–Crippen LogP) is 4.58. The van der Waals surface area contributed by atoms with Gasteiger partial charge in [0.15, 0.2) is 0 Å². The van der Waals surface area contributed by atoms with Gasteiger partial charge in [0.25, 0.3) is 0 Å². The average molecular weight is 338 g/mol. The van der Waals surface area contributed by atoms with Gasteiger partial charge in [0.2, 0.25) is 0 Å². The highest BCUT2D eigenvalue weighted by molar-refractivity contribution is 5.47. The van der Waals surface area contributed by atoms with Gasteiger partial charge in [0.1, 0.15) is 5.75 Å². The molecule has 0 radical (unpaired) electrons. The second kappa shape index (κ2) is 5.61. The van der Waals surface area contributed by atoms with E-state index in [1.54, 1.807) is 18.2 Å². The van der Waals surface area contributed by atoms with Gasteiger partial charge in [-0.3, -0.25) is 4.90 Å². The van der Waals surface area contributed by atoms with Crippen LogP contribution in [-0.2, 0) is 11.8 Å². The van der Waals surface area contributed by atoms with Crippen LogP contribution in [0.2, 0.25) is 0 Å². The summed E-state index contributed by atoms with van der Waals surface area (Å²) in [5, 5.41) is 0. The first-order valence-corrected chi connectivity index (χ1v) is 10.2. The summed E-state index contributed by atoms with van der Waals surface area (Å²) < 4.78 is 5.60. The van der Waals surface area contributed by atoms with Crippen LogP contribution in [0.5, 0.6) is 5.75 Å². The van der Waals surface area contributed by atoms with E-state index in [1.807, 2.05) is 0 Å². The van der Waals surface area contributed by atoms with Crippen molar-refractivity contribution in [2.24, 2.45) is 17.8 Å². The van der Waals surface area contributed by atoms with Crippen molar-refractivity contribution in [3.05, 3.63) is 41.5 Å². The Labute approximate surface area is 152 Å². The van der Waals surface area contributed by atoms with E-state index < -0.39 is 0 Å². The third-order valence-corrected chi connectivity index (χ3v) is 7.63. The lowest BCUT2D eigenvalue weighted by Crippen LogP contribution is -2.63. The number of ether oxygens (including phenoxy) is 1. The zero-order chi connectivity index (χ0) is 17.2. The Morgan fingerprint density at radius 1 is 1.28 bits per heavy atom. The Balaban J connectivity index is 1.62. The van der Waals surface area contributed by atoms with Crippen molar-refractivity contribution in [2.75, 3.05) is 20.2 Å². The van der Waals surface area contributed by atoms with Gasteiger partial charge in [-0.2, -0.15) is 0 Å². The molecule has 1 heterocycles. The number of fused-ring (bicyclic) bond motifs is 1. The van der Waals surface area contributed by atoms with Crippen LogP contribution < -0.4 is 4.74 Å². The van der Waals surface area contributed by atoms with Crippen LogP contribution in [0.15, 0.2) is 30.4 Å². The van der Waals surface area contributed by atoms with E-state index in [1.165, 1.54) is 57.2 Å². The van der Waals surface area contributed by atoms with Crippen LogP contribution in [0, 0.1) is 17.8 Å². The molecule has 4 aliphatic rings. The Morgan fingerprint density at radius 3 is 2.88 bits per heavy atom. The van der Waals surface area contributed by atoms with Crippen LogP contribution in [-0.4, -0.2) is 31.1 Å². The quantitative estimate of drug-likeness (QED) is 0.749. The number of allylic oxidation sites excluding steroid dienone is 1. The molecule has 1 aromatic rings. The van der Waals surface area contributed by atoms with E-state index in [2.05, 4.69) is 36.6 Å². The van der Waals surface area contributed by atoms with E-state index in [0.29, 0.717) is 5.41 Å². The van der Waals surface area contributed by atoms with E-state index >= 15 is 0 Å². The molecule has 1 saturated heterocycles. The first kappa shape index (κ1) is 15.9. The highest BCUT2D eigenvalue weighted by Gasteiger charge is 2.57. The topological polar surface area (TPSA) is 12.5 Å². The third-order valence-electron chi connectivity index (χ3n) is 7.63. The van der Waals surface area contributed by atoms with Crippen LogP contribution in [0.3, 0.4) is 0 Å². The Kier molecular flexibility index (Phi) is 3.57. The van der Waals surface area contributed by atoms with Gasteiger partial charge < -0.3 is 4.74 Å². The lowest BCUT2D eigenvalue weighted by atomic mass is 9.49. The smallest absolute Gasteiger partial charge is 0.119 e. The lowest BCUT2D eigenvalue weighted by Gasteiger charge is -2.61. The molecule has 0 amide bonds. The number of likely N-dealkylation sites (tertiary alicyclic amines) is 1. The molecule has 4 atom stereocenters. The molecular weight excluding hydrogens is 306 g/mol. The van der Waals surface area contributed by atoms with Crippen molar-refractivity contribution in [1.82, 2.24) is 4.90 Å². The Bertz CT molecular complexity index is 706. The van der Waals surface area contributed by atoms with Crippen molar-refractivity contribution in [1.29, 1.82) is 0 Å². The van der Waals surface area contributed by atoms with E-state index in [9.17, 15) is 0 Å². The molecule has 3 aliphatic carbocycles. The number of hydrogen-bond acceptors (Lipinski definition) is 2. The number of benzene rings is 1. The van der Waals surface area contributed by atoms with Gasteiger partial charge in [-0.25, -0.2) is 0 Å². The molecular formula is C23H31NO. The van der Waals surface area contributed by atoms with Gasteiger partial charge in [0, 0.05) is 18.0 Å². The third kappa shape index (κ3) is 2.40. The monoisotopic (exact) mass is 337 g/mol. The highest BCUT2D eigenvalue weighted by Crippen LogP contribution is 2.59. The maximum Gasteiger partial charge on any atom is 0.119 e. The number of hydrogen-bond donors (Lipinski definition) is 0. The molecule has 2 nitrogen and oxygen atoms in total. The largest absolute Gasteiger partial charge is 0.497 e. The molecule has 0 spiro atoms. The summed E-state index contributed by atoms with van der Waals surface area (Å²) in [6.45, 7) is 9.55. The molecule has 1 unspecified atom stereocenters. The molecule has 1 aromatic carbocycles. The van der Waals surface area contributed by atoms with Gasteiger partial charge in [-0.05, 0) is 86.1 Å². The van der Waals surface area contributed by atoms with E-state index in [-0.39, 0.29) is 0 Å². The molecule has 2 bridgehead atoms. The summed E-state index contributed by atoms with van der Waals surface area (Å²) >= 11 is 0. The minimum absolute atomic E-state index is 0.307. The second-order valence-electron chi connectivity index (χ2n) is 9.27. The molecule has 5 rings (SSSR count). The fraction of sp³-hybridized carbons (Fsp3) is 0.652. The average Bonchev–Trinajstić information content (AvgIpc) is 3.40. The van der Waals surface area contributed by atoms with Crippen LogP contribution in [0.4, 0.5) is 0 Å². The van der Waals surface area contributed by atoms with Crippen LogP contribution in [0.1, 0.15) is 50.2 Å². The first-order chi connectivity index (χ1) is 12.1. The second-order valence-corrected chi connectivity index (χ2v) is 9.27. The molecule has 134 valence electrons. The molecule has 2 heteroatoms. The van der Waals surface area contributed by atoms with Crippen molar-refractivity contribution in [3.63, 3.8) is 0 Å². The van der Waals surface area contributed by atoms with Crippen molar-refractivity contribution < 1.29 is 4.74 Å². The number of piperidine rings is 1. The number of rotatable bonds is 3. The van der Waals surface area contributed by atoms with Gasteiger partial charge >= 0.3 is 0 Å². The lowest BCUT2D eigenvalue weighted by molar-refractivity contribution is -0.0283. The number of methoxy groups -OCH3 is 1. The zero-order valence-electron chi connectivity index (χ0n) is 15.8.